The standard InChI is InChI=1S/C13H15NO4/c1-2-18-11-6-4-3-5-10(11)7-8-12(15)14-9-13(16)17/h3-8H,2,9H2,1H3,(H,14,15)(H,16,17). The number of para-hydroxylation sites is 1. The fourth-order valence-electron chi connectivity index (χ4n) is 1.29. The maximum atomic E-state index is 11.3. The van der Waals surface area contributed by atoms with Gasteiger partial charge in [-0.2, -0.15) is 0 Å². The number of nitrogens with one attached hydrogen (secondary N) is 1. The number of carboxylic acids is 1. The van der Waals surface area contributed by atoms with Gasteiger partial charge in [0, 0.05) is 11.6 Å². The lowest BCUT2D eigenvalue weighted by Crippen LogP contribution is -2.27. The van der Waals surface area contributed by atoms with Gasteiger partial charge in [-0.15, -0.1) is 0 Å². The minimum Gasteiger partial charge on any atom is -0.493 e. The summed E-state index contributed by atoms with van der Waals surface area (Å²) in [6.07, 6.45) is 2.86. The molecule has 5 nitrogen and oxygen atoms in total. The molecule has 0 aliphatic rings. The molecule has 0 saturated carbocycles. The van der Waals surface area contributed by atoms with Gasteiger partial charge in [-0.25, -0.2) is 0 Å². The first-order chi connectivity index (χ1) is 8.63. The van der Waals surface area contributed by atoms with Crippen molar-refractivity contribution in [2.24, 2.45) is 0 Å². The summed E-state index contributed by atoms with van der Waals surface area (Å²) in [4.78, 5) is 21.5. The van der Waals surface area contributed by atoms with E-state index >= 15 is 0 Å². The Kier molecular flexibility index (Phi) is 5.44. The molecule has 18 heavy (non-hydrogen) atoms. The number of carboxylic acid groups (broad SMARTS) is 1. The van der Waals surface area contributed by atoms with E-state index in [0.29, 0.717) is 12.4 Å². The molecule has 5 heteroatoms. The molecule has 0 radical (unpaired) electrons. The maximum Gasteiger partial charge on any atom is 0.322 e. The molecule has 2 N–H and O–H groups in total. The van der Waals surface area contributed by atoms with Gasteiger partial charge >= 0.3 is 5.97 Å². The third-order valence-corrected chi connectivity index (χ3v) is 2.05. The number of carbonyl (C=O) groups excluding carboxylic acids is 1. The Balaban J connectivity index is 2.65. The van der Waals surface area contributed by atoms with Gasteiger partial charge in [0.1, 0.15) is 12.3 Å². The van der Waals surface area contributed by atoms with Crippen LogP contribution in [0, 0.1) is 0 Å². The lowest BCUT2D eigenvalue weighted by molar-refractivity contribution is -0.137. The van der Waals surface area contributed by atoms with E-state index in [-0.39, 0.29) is 0 Å². The van der Waals surface area contributed by atoms with Gasteiger partial charge in [0.05, 0.1) is 6.61 Å². The number of aliphatic carboxylic acids is 1. The summed E-state index contributed by atoms with van der Waals surface area (Å²) in [5.41, 5.74) is 0.768. The molecule has 0 atom stereocenters. The van der Waals surface area contributed by atoms with Crippen molar-refractivity contribution < 1.29 is 19.4 Å². The second kappa shape index (κ2) is 7.11. The minimum atomic E-state index is -1.08. The number of hydrogen-bond acceptors (Lipinski definition) is 3. The van der Waals surface area contributed by atoms with Crippen LogP contribution in [-0.4, -0.2) is 30.1 Å². The predicted molar refractivity (Wildman–Crippen MR) is 67.3 cm³/mol. The zero-order chi connectivity index (χ0) is 13.4. The van der Waals surface area contributed by atoms with Crippen LogP contribution in [0.1, 0.15) is 12.5 Å². The summed E-state index contributed by atoms with van der Waals surface area (Å²) in [7, 11) is 0. The van der Waals surface area contributed by atoms with E-state index in [0.717, 1.165) is 5.56 Å². The van der Waals surface area contributed by atoms with Crippen LogP contribution in [0.2, 0.25) is 0 Å². The fourth-order valence-corrected chi connectivity index (χ4v) is 1.29. The van der Waals surface area contributed by atoms with Crippen LogP contribution in [0.4, 0.5) is 0 Å². The van der Waals surface area contributed by atoms with E-state index in [1.165, 1.54) is 6.08 Å². The first kappa shape index (κ1) is 13.8. The average Bonchev–Trinajstić information content (AvgIpc) is 2.35. The van der Waals surface area contributed by atoms with Gasteiger partial charge in [-0.3, -0.25) is 9.59 Å². The predicted octanol–water partition coefficient (Wildman–Crippen LogP) is 1.30. The molecule has 0 saturated heterocycles. The Labute approximate surface area is 105 Å². The van der Waals surface area contributed by atoms with Crippen molar-refractivity contribution in [2.45, 2.75) is 6.92 Å². The van der Waals surface area contributed by atoms with Gasteiger partial charge in [0.2, 0.25) is 5.91 Å². The Morgan fingerprint density at radius 3 is 2.78 bits per heavy atom. The first-order valence-corrected chi connectivity index (χ1v) is 5.53. The average molecular weight is 249 g/mol. The van der Waals surface area contributed by atoms with Crippen molar-refractivity contribution >= 4 is 18.0 Å². The summed E-state index contributed by atoms with van der Waals surface area (Å²) < 4.78 is 5.39. The van der Waals surface area contributed by atoms with Crippen molar-refractivity contribution in [3.63, 3.8) is 0 Å². The topological polar surface area (TPSA) is 75.6 Å². The van der Waals surface area contributed by atoms with Crippen LogP contribution in [0.25, 0.3) is 6.08 Å². The van der Waals surface area contributed by atoms with Crippen molar-refractivity contribution in [3.8, 4) is 5.75 Å². The van der Waals surface area contributed by atoms with Crippen molar-refractivity contribution in [3.05, 3.63) is 35.9 Å². The van der Waals surface area contributed by atoms with E-state index < -0.39 is 18.4 Å². The third kappa shape index (κ3) is 4.69. The van der Waals surface area contributed by atoms with Gasteiger partial charge in [0.15, 0.2) is 0 Å². The molecule has 0 aliphatic heterocycles. The summed E-state index contributed by atoms with van der Waals surface area (Å²) in [6, 6.07) is 7.29. The SMILES string of the molecule is CCOc1ccccc1C=CC(=O)NCC(=O)O. The Morgan fingerprint density at radius 2 is 2.11 bits per heavy atom. The monoisotopic (exact) mass is 249 g/mol. The molecule has 0 aliphatic carbocycles. The summed E-state index contributed by atoms with van der Waals surface area (Å²) >= 11 is 0. The highest BCUT2D eigenvalue weighted by Crippen LogP contribution is 2.19. The molecule has 0 heterocycles. The molecule has 1 aromatic rings. The normalized spacial score (nSPS) is 10.3. The Morgan fingerprint density at radius 1 is 1.39 bits per heavy atom. The molecule has 1 amide bonds. The highest BCUT2D eigenvalue weighted by molar-refractivity contribution is 5.93. The van der Waals surface area contributed by atoms with Crippen molar-refractivity contribution in [1.82, 2.24) is 5.32 Å². The number of rotatable bonds is 6. The summed E-state index contributed by atoms with van der Waals surface area (Å²) in [6.45, 7) is 2.02. The summed E-state index contributed by atoms with van der Waals surface area (Å²) in [5, 5.41) is 10.6. The quantitative estimate of drug-likeness (QED) is 0.745. The molecule has 0 spiro atoms. The number of amides is 1. The first-order valence-electron chi connectivity index (χ1n) is 5.53. The van der Waals surface area contributed by atoms with Crippen LogP contribution in [0.3, 0.4) is 0 Å². The van der Waals surface area contributed by atoms with Crippen LogP contribution in [-0.2, 0) is 9.59 Å². The Bertz CT molecular complexity index is 454. The molecular weight excluding hydrogens is 234 g/mol. The van der Waals surface area contributed by atoms with Crippen LogP contribution in [0.5, 0.6) is 5.75 Å². The zero-order valence-corrected chi connectivity index (χ0v) is 10.1. The molecule has 1 aromatic carbocycles. The van der Waals surface area contributed by atoms with Crippen molar-refractivity contribution in [2.75, 3.05) is 13.2 Å². The fraction of sp³-hybridized carbons (Fsp3) is 0.231. The second-order valence-electron chi connectivity index (χ2n) is 3.42. The number of hydrogen-bond donors (Lipinski definition) is 2. The largest absolute Gasteiger partial charge is 0.493 e. The zero-order valence-electron chi connectivity index (χ0n) is 10.1. The van der Waals surface area contributed by atoms with Gasteiger partial charge < -0.3 is 15.2 Å². The van der Waals surface area contributed by atoms with E-state index in [9.17, 15) is 9.59 Å². The highest BCUT2D eigenvalue weighted by atomic mass is 16.5. The molecule has 0 aromatic heterocycles. The molecule has 0 bridgehead atoms. The van der Waals surface area contributed by atoms with Gasteiger partial charge in [0.25, 0.3) is 0 Å². The smallest absolute Gasteiger partial charge is 0.322 e. The molecule has 0 fully saturated rings. The molecular formula is C13H15NO4. The third-order valence-electron chi connectivity index (χ3n) is 2.05. The molecule has 96 valence electrons. The second-order valence-corrected chi connectivity index (χ2v) is 3.42. The maximum absolute atomic E-state index is 11.3. The van der Waals surface area contributed by atoms with E-state index in [1.54, 1.807) is 12.1 Å². The number of ether oxygens (including phenoxy) is 1. The highest BCUT2D eigenvalue weighted by Gasteiger charge is 2.01. The van der Waals surface area contributed by atoms with Crippen LogP contribution < -0.4 is 10.1 Å². The lowest BCUT2D eigenvalue weighted by Gasteiger charge is -2.06. The van der Waals surface area contributed by atoms with Crippen LogP contribution >= 0.6 is 0 Å². The van der Waals surface area contributed by atoms with E-state index in [4.69, 9.17) is 9.84 Å². The molecule has 1 rings (SSSR count). The van der Waals surface area contributed by atoms with Gasteiger partial charge in [-0.1, -0.05) is 18.2 Å². The minimum absolute atomic E-state index is 0.393. The van der Waals surface area contributed by atoms with E-state index in [2.05, 4.69) is 5.32 Å². The van der Waals surface area contributed by atoms with Crippen molar-refractivity contribution in [1.29, 1.82) is 0 Å². The Hall–Kier alpha value is -2.30. The summed E-state index contributed by atoms with van der Waals surface area (Å²) in [5.74, 6) is -0.850. The molecule has 0 unspecified atom stereocenters. The van der Waals surface area contributed by atoms with Gasteiger partial charge in [-0.05, 0) is 19.1 Å². The number of benzene rings is 1. The van der Waals surface area contributed by atoms with Crippen LogP contribution in [0.15, 0.2) is 30.3 Å². The lowest BCUT2D eigenvalue weighted by atomic mass is 10.2. The van der Waals surface area contributed by atoms with E-state index in [1.807, 2.05) is 25.1 Å². The number of carbonyl (C=O) groups is 2.